The van der Waals surface area contributed by atoms with Crippen molar-refractivity contribution in [2.45, 2.75) is 13.3 Å². The summed E-state index contributed by atoms with van der Waals surface area (Å²) < 4.78 is 1.81. The van der Waals surface area contributed by atoms with Gasteiger partial charge in [-0.2, -0.15) is 5.10 Å². The second kappa shape index (κ2) is 6.07. The minimum atomic E-state index is 0.578. The fourth-order valence-corrected chi connectivity index (χ4v) is 3.26. The third kappa shape index (κ3) is 2.77. The molecule has 3 aromatic heterocycles. The molecule has 124 valence electrons. The van der Waals surface area contributed by atoms with Crippen molar-refractivity contribution in [3.63, 3.8) is 0 Å². The van der Waals surface area contributed by atoms with Gasteiger partial charge in [-0.25, -0.2) is 15.0 Å². The number of hydrogen-bond acceptors (Lipinski definition) is 6. The maximum Gasteiger partial charge on any atom is 0.163 e. The second-order valence-corrected chi connectivity index (χ2v) is 6.30. The molecule has 1 fully saturated rings. The molecule has 1 unspecified atom stereocenters. The van der Waals surface area contributed by atoms with Crippen LogP contribution in [0.3, 0.4) is 0 Å². The summed E-state index contributed by atoms with van der Waals surface area (Å²) in [5, 5.41) is 8.78. The van der Waals surface area contributed by atoms with E-state index in [0.29, 0.717) is 5.92 Å². The Labute approximate surface area is 140 Å². The van der Waals surface area contributed by atoms with Crippen molar-refractivity contribution in [3.05, 3.63) is 36.4 Å². The van der Waals surface area contributed by atoms with Crippen molar-refractivity contribution >= 4 is 22.7 Å². The van der Waals surface area contributed by atoms with Gasteiger partial charge in [-0.1, -0.05) is 6.07 Å². The monoisotopic (exact) mass is 323 g/mol. The van der Waals surface area contributed by atoms with E-state index in [2.05, 4.69) is 30.3 Å². The molecule has 0 radical (unpaired) electrons. The molecule has 7 heteroatoms. The van der Waals surface area contributed by atoms with Crippen molar-refractivity contribution in [3.8, 4) is 0 Å². The first-order valence-corrected chi connectivity index (χ1v) is 8.27. The third-order valence-electron chi connectivity index (χ3n) is 4.51. The van der Waals surface area contributed by atoms with Crippen LogP contribution in [0.4, 0.5) is 11.6 Å². The number of anilines is 2. The zero-order valence-electron chi connectivity index (χ0n) is 14.0. The molecule has 1 N–H and O–H groups in total. The summed E-state index contributed by atoms with van der Waals surface area (Å²) >= 11 is 0. The zero-order chi connectivity index (χ0) is 16.5. The standard InChI is InChI=1S/C17H21N7/c1-12-21-16-14(10-20-23(16)2)17(22-12)24-8-6-13(11-24)9-19-15-5-3-4-7-18-15/h3-5,7,10,13H,6,8-9,11H2,1-2H3,(H,18,19). The van der Waals surface area contributed by atoms with Gasteiger partial charge in [-0.05, 0) is 31.4 Å². The Kier molecular flexibility index (Phi) is 3.76. The van der Waals surface area contributed by atoms with E-state index in [1.54, 1.807) is 0 Å². The van der Waals surface area contributed by atoms with Crippen molar-refractivity contribution in [1.29, 1.82) is 0 Å². The largest absolute Gasteiger partial charge is 0.370 e. The summed E-state index contributed by atoms with van der Waals surface area (Å²) in [5.41, 5.74) is 0.896. The van der Waals surface area contributed by atoms with Gasteiger partial charge in [0, 0.05) is 32.9 Å². The summed E-state index contributed by atoms with van der Waals surface area (Å²) in [6.07, 6.45) is 4.82. The molecule has 7 nitrogen and oxygen atoms in total. The Morgan fingerprint density at radius 1 is 1.29 bits per heavy atom. The van der Waals surface area contributed by atoms with E-state index in [0.717, 1.165) is 54.5 Å². The predicted molar refractivity (Wildman–Crippen MR) is 94.1 cm³/mol. The van der Waals surface area contributed by atoms with Gasteiger partial charge in [-0.3, -0.25) is 4.68 Å². The van der Waals surface area contributed by atoms with Crippen molar-refractivity contribution in [2.24, 2.45) is 13.0 Å². The Morgan fingerprint density at radius 3 is 3.04 bits per heavy atom. The van der Waals surface area contributed by atoms with Crippen LogP contribution in [0.15, 0.2) is 30.6 Å². The van der Waals surface area contributed by atoms with Crippen LogP contribution in [0.5, 0.6) is 0 Å². The maximum atomic E-state index is 4.68. The molecule has 0 aliphatic carbocycles. The highest BCUT2D eigenvalue weighted by Crippen LogP contribution is 2.28. The van der Waals surface area contributed by atoms with Gasteiger partial charge in [0.25, 0.3) is 0 Å². The van der Waals surface area contributed by atoms with E-state index in [4.69, 9.17) is 0 Å². The lowest BCUT2D eigenvalue weighted by molar-refractivity contribution is 0.621. The van der Waals surface area contributed by atoms with Crippen LogP contribution < -0.4 is 10.2 Å². The van der Waals surface area contributed by atoms with E-state index < -0.39 is 0 Å². The molecule has 1 atom stereocenters. The normalized spacial score (nSPS) is 17.6. The van der Waals surface area contributed by atoms with Gasteiger partial charge in [0.1, 0.15) is 17.5 Å². The Morgan fingerprint density at radius 2 is 2.21 bits per heavy atom. The Balaban J connectivity index is 1.49. The van der Waals surface area contributed by atoms with E-state index >= 15 is 0 Å². The van der Waals surface area contributed by atoms with Gasteiger partial charge < -0.3 is 10.2 Å². The van der Waals surface area contributed by atoms with Crippen molar-refractivity contribution in [1.82, 2.24) is 24.7 Å². The average molecular weight is 323 g/mol. The van der Waals surface area contributed by atoms with E-state index in [-0.39, 0.29) is 0 Å². The molecule has 24 heavy (non-hydrogen) atoms. The fourth-order valence-electron chi connectivity index (χ4n) is 3.26. The highest BCUT2D eigenvalue weighted by Gasteiger charge is 2.26. The Hall–Kier alpha value is -2.70. The van der Waals surface area contributed by atoms with Gasteiger partial charge in [-0.15, -0.1) is 0 Å². The second-order valence-electron chi connectivity index (χ2n) is 6.30. The van der Waals surface area contributed by atoms with Crippen molar-refractivity contribution < 1.29 is 0 Å². The molecule has 4 rings (SSSR count). The van der Waals surface area contributed by atoms with Crippen LogP contribution >= 0.6 is 0 Å². The zero-order valence-corrected chi connectivity index (χ0v) is 14.0. The summed E-state index contributed by atoms with van der Waals surface area (Å²) in [7, 11) is 1.92. The maximum absolute atomic E-state index is 4.68. The minimum Gasteiger partial charge on any atom is -0.370 e. The molecule has 0 amide bonds. The highest BCUT2D eigenvalue weighted by atomic mass is 15.3. The quantitative estimate of drug-likeness (QED) is 0.792. The predicted octanol–water partition coefficient (Wildman–Crippen LogP) is 2.01. The molecule has 3 aromatic rings. The van der Waals surface area contributed by atoms with Gasteiger partial charge in [0.15, 0.2) is 5.65 Å². The van der Waals surface area contributed by atoms with Crippen LogP contribution in [-0.2, 0) is 7.05 Å². The molecule has 0 aromatic carbocycles. The van der Waals surface area contributed by atoms with Gasteiger partial charge >= 0.3 is 0 Å². The minimum absolute atomic E-state index is 0.578. The number of aromatic nitrogens is 5. The molecular formula is C17H21N7. The van der Waals surface area contributed by atoms with Crippen LogP contribution in [-0.4, -0.2) is 44.4 Å². The van der Waals surface area contributed by atoms with Crippen LogP contribution in [0, 0.1) is 12.8 Å². The lowest BCUT2D eigenvalue weighted by Gasteiger charge is -2.19. The molecular weight excluding hydrogens is 302 g/mol. The van der Waals surface area contributed by atoms with E-state index in [9.17, 15) is 0 Å². The summed E-state index contributed by atoms with van der Waals surface area (Å²) in [6.45, 7) is 4.86. The SMILES string of the molecule is Cc1nc(N2CCC(CNc3ccccn3)C2)c2cnn(C)c2n1. The van der Waals surface area contributed by atoms with Crippen molar-refractivity contribution in [2.75, 3.05) is 29.9 Å². The van der Waals surface area contributed by atoms with Gasteiger partial charge in [0.05, 0.1) is 11.6 Å². The average Bonchev–Trinajstić information content (AvgIpc) is 3.21. The first-order valence-electron chi connectivity index (χ1n) is 8.27. The molecule has 4 heterocycles. The molecule has 0 bridgehead atoms. The van der Waals surface area contributed by atoms with Gasteiger partial charge in [0.2, 0.25) is 0 Å². The highest BCUT2D eigenvalue weighted by molar-refractivity contribution is 5.87. The van der Waals surface area contributed by atoms with Crippen LogP contribution in [0.25, 0.3) is 11.0 Å². The Bertz CT molecular complexity index is 843. The van der Waals surface area contributed by atoms with Crippen LogP contribution in [0.2, 0.25) is 0 Å². The van der Waals surface area contributed by atoms with E-state index in [1.807, 2.05) is 49.2 Å². The number of rotatable bonds is 4. The first-order chi connectivity index (χ1) is 11.7. The number of pyridine rings is 1. The number of nitrogens with one attached hydrogen (secondary N) is 1. The van der Waals surface area contributed by atoms with E-state index in [1.165, 1.54) is 0 Å². The summed E-state index contributed by atoms with van der Waals surface area (Å²) in [6, 6.07) is 5.93. The molecule has 1 saturated heterocycles. The molecule has 0 spiro atoms. The molecule has 1 aliphatic rings. The first kappa shape index (κ1) is 14.9. The lowest BCUT2D eigenvalue weighted by atomic mass is 10.1. The fraction of sp³-hybridized carbons (Fsp3) is 0.412. The van der Waals surface area contributed by atoms with Crippen LogP contribution in [0.1, 0.15) is 12.2 Å². The third-order valence-corrected chi connectivity index (χ3v) is 4.51. The number of hydrogen-bond donors (Lipinski definition) is 1. The molecule has 1 aliphatic heterocycles. The summed E-state index contributed by atoms with van der Waals surface area (Å²) in [4.78, 5) is 15.8. The smallest absolute Gasteiger partial charge is 0.163 e. The number of fused-ring (bicyclic) bond motifs is 1. The number of aryl methyl sites for hydroxylation is 2. The lowest BCUT2D eigenvalue weighted by Crippen LogP contribution is -2.24. The molecule has 0 saturated carbocycles. The topological polar surface area (TPSA) is 71.8 Å². The number of nitrogens with zero attached hydrogens (tertiary/aromatic N) is 6. The summed E-state index contributed by atoms with van der Waals surface area (Å²) in [5.74, 6) is 3.31.